The zero-order valence-electron chi connectivity index (χ0n) is 10.7. The summed E-state index contributed by atoms with van der Waals surface area (Å²) in [5, 5.41) is 13.7. The molecule has 4 nitrogen and oxygen atoms in total. The average molecular weight is 256 g/mol. The van der Waals surface area contributed by atoms with Crippen LogP contribution in [0.1, 0.15) is 24.6 Å². The van der Waals surface area contributed by atoms with Gasteiger partial charge in [-0.2, -0.15) is 0 Å². The fourth-order valence-electron chi connectivity index (χ4n) is 2.65. The van der Waals surface area contributed by atoms with Crippen LogP contribution in [0.2, 0.25) is 0 Å². The van der Waals surface area contributed by atoms with Gasteiger partial charge in [-0.1, -0.05) is 25.1 Å². The molecular formula is C15H16N2O2. The Bertz CT molecular complexity index is 670. The second-order valence-corrected chi connectivity index (χ2v) is 4.86. The van der Waals surface area contributed by atoms with E-state index in [0.717, 1.165) is 35.0 Å². The third-order valence-electron chi connectivity index (χ3n) is 3.72. The number of carbonyl (C=O) groups is 1. The minimum absolute atomic E-state index is 0.273. The molecule has 3 rings (SSSR count). The molecule has 0 spiro atoms. The molecule has 0 amide bonds. The topological polar surface area (TPSA) is 65.1 Å². The van der Waals surface area contributed by atoms with Crippen molar-refractivity contribution in [2.24, 2.45) is 0 Å². The molecule has 1 unspecified atom stereocenters. The summed E-state index contributed by atoms with van der Waals surface area (Å²) in [4.78, 5) is 14.7. The number of aromatic nitrogens is 1. The Hall–Kier alpha value is -2.23. The summed E-state index contributed by atoms with van der Waals surface area (Å²) in [6.07, 6.45) is 3.42. The molecule has 0 radical (unpaired) electrons. The number of para-hydroxylation sites is 1. The van der Waals surface area contributed by atoms with Gasteiger partial charge >= 0.3 is 5.97 Å². The lowest BCUT2D eigenvalue weighted by atomic mass is 10.00. The fraction of sp³-hybridized carbons (Fsp3) is 0.267. The maximum absolute atomic E-state index is 11.4. The Morgan fingerprint density at radius 3 is 2.95 bits per heavy atom. The van der Waals surface area contributed by atoms with Gasteiger partial charge in [0.2, 0.25) is 0 Å². The lowest BCUT2D eigenvalue weighted by Gasteiger charge is -2.12. The summed E-state index contributed by atoms with van der Waals surface area (Å²) in [5.41, 5.74) is 3.14. The zero-order chi connectivity index (χ0) is 13.4. The first-order valence-corrected chi connectivity index (χ1v) is 6.50. The SMILES string of the molecule is CCC1Cc2c([nH]c3ccccc23)C(C(=O)O)=CN1. The van der Waals surface area contributed by atoms with E-state index in [2.05, 4.69) is 17.2 Å². The molecule has 1 aromatic carbocycles. The molecule has 4 heteroatoms. The van der Waals surface area contributed by atoms with Gasteiger partial charge in [0.05, 0.1) is 11.3 Å². The van der Waals surface area contributed by atoms with E-state index in [9.17, 15) is 9.90 Å². The Morgan fingerprint density at radius 1 is 1.42 bits per heavy atom. The van der Waals surface area contributed by atoms with Crippen molar-refractivity contribution in [3.8, 4) is 0 Å². The standard InChI is InChI=1S/C15H16N2O2/c1-2-9-7-11-10-5-3-4-6-13(10)17-14(11)12(8-16-9)15(18)19/h3-6,8-9,16-17H,2,7H2,1H3,(H,18,19). The number of hydrogen-bond donors (Lipinski definition) is 3. The first-order valence-electron chi connectivity index (χ1n) is 6.50. The van der Waals surface area contributed by atoms with E-state index in [0.29, 0.717) is 5.57 Å². The van der Waals surface area contributed by atoms with Gasteiger partial charge in [-0.05, 0) is 24.5 Å². The number of fused-ring (bicyclic) bond motifs is 3. The highest BCUT2D eigenvalue weighted by Crippen LogP contribution is 2.30. The molecule has 19 heavy (non-hydrogen) atoms. The summed E-state index contributed by atoms with van der Waals surface area (Å²) in [5.74, 6) is -0.906. The predicted molar refractivity (Wildman–Crippen MR) is 74.8 cm³/mol. The van der Waals surface area contributed by atoms with E-state index in [-0.39, 0.29) is 6.04 Å². The van der Waals surface area contributed by atoms with Crippen molar-refractivity contribution < 1.29 is 9.90 Å². The van der Waals surface area contributed by atoms with Gasteiger partial charge in [0.1, 0.15) is 0 Å². The van der Waals surface area contributed by atoms with E-state index < -0.39 is 5.97 Å². The van der Waals surface area contributed by atoms with Crippen LogP contribution in [0, 0.1) is 0 Å². The predicted octanol–water partition coefficient (Wildman–Crippen LogP) is 2.52. The molecule has 2 aromatic rings. The molecule has 98 valence electrons. The fourth-order valence-corrected chi connectivity index (χ4v) is 2.65. The van der Waals surface area contributed by atoms with Crippen LogP contribution in [0.5, 0.6) is 0 Å². The number of nitrogens with one attached hydrogen (secondary N) is 2. The summed E-state index contributed by atoms with van der Waals surface area (Å²) in [6.45, 7) is 2.10. The summed E-state index contributed by atoms with van der Waals surface area (Å²) in [6, 6.07) is 8.24. The highest BCUT2D eigenvalue weighted by atomic mass is 16.4. The van der Waals surface area contributed by atoms with Gasteiger partial charge in [0.15, 0.2) is 0 Å². The summed E-state index contributed by atoms with van der Waals surface area (Å²) >= 11 is 0. The quantitative estimate of drug-likeness (QED) is 0.773. The molecule has 0 aliphatic carbocycles. The Kier molecular flexibility index (Phi) is 2.78. The molecule has 1 aliphatic rings. The summed E-state index contributed by atoms with van der Waals surface area (Å²) < 4.78 is 0. The number of rotatable bonds is 2. The molecule has 2 heterocycles. The number of benzene rings is 1. The van der Waals surface area contributed by atoms with Crippen LogP contribution in [0.3, 0.4) is 0 Å². The van der Waals surface area contributed by atoms with Crippen LogP contribution >= 0.6 is 0 Å². The van der Waals surface area contributed by atoms with Crippen molar-refractivity contribution in [3.05, 3.63) is 41.7 Å². The van der Waals surface area contributed by atoms with Gasteiger partial charge < -0.3 is 15.4 Å². The zero-order valence-corrected chi connectivity index (χ0v) is 10.7. The number of carboxylic acids is 1. The van der Waals surface area contributed by atoms with Crippen LogP contribution in [-0.2, 0) is 11.2 Å². The maximum Gasteiger partial charge on any atom is 0.339 e. The van der Waals surface area contributed by atoms with Gasteiger partial charge in [0, 0.05) is 23.1 Å². The lowest BCUT2D eigenvalue weighted by molar-refractivity contribution is -0.130. The van der Waals surface area contributed by atoms with E-state index in [4.69, 9.17) is 0 Å². The Balaban J connectivity index is 2.25. The van der Waals surface area contributed by atoms with Crippen molar-refractivity contribution in [3.63, 3.8) is 0 Å². The van der Waals surface area contributed by atoms with Crippen LogP contribution < -0.4 is 5.32 Å². The Morgan fingerprint density at radius 2 is 2.21 bits per heavy atom. The van der Waals surface area contributed by atoms with Crippen molar-refractivity contribution >= 4 is 22.4 Å². The van der Waals surface area contributed by atoms with Gasteiger partial charge in [-0.15, -0.1) is 0 Å². The third kappa shape index (κ3) is 1.89. The highest BCUT2D eigenvalue weighted by Gasteiger charge is 2.24. The van der Waals surface area contributed by atoms with E-state index in [1.807, 2.05) is 24.3 Å². The van der Waals surface area contributed by atoms with Gasteiger partial charge in [-0.3, -0.25) is 0 Å². The van der Waals surface area contributed by atoms with Crippen LogP contribution in [0.4, 0.5) is 0 Å². The molecular weight excluding hydrogens is 240 g/mol. The maximum atomic E-state index is 11.4. The molecule has 0 bridgehead atoms. The smallest absolute Gasteiger partial charge is 0.339 e. The molecule has 1 aromatic heterocycles. The molecule has 1 aliphatic heterocycles. The van der Waals surface area contributed by atoms with Crippen molar-refractivity contribution in [1.82, 2.24) is 10.3 Å². The van der Waals surface area contributed by atoms with Crippen LogP contribution in [-0.4, -0.2) is 22.1 Å². The lowest BCUT2D eigenvalue weighted by Crippen LogP contribution is -2.24. The van der Waals surface area contributed by atoms with Gasteiger partial charge in [0.25, 0.3) is 0 Å². The number of carboxylic acid groups (broad SMARTS) is 1. The average Bonchev–Trinajstić information content (AvgIpc) is 2.65. The minimum Gasteiger partial charge on any atom is -0.478 e. The molecule has 0 saturated carbocycles. The van der Waals surface area contributed by atoms with E-state index in [1.165, 1.54) is 0 Å². The molecule has 1 atom stereocenters. The second kappa shape index (κ2) is 4.46. The number of H-pyrrole nitrogens is 1. The number of aromatic amines is 1. The largest absolute Gasteiger partial charge is 0.478 e. The monoisotopic (exact) mass is 256 g/mol. The molecule has 0 saturated heterocycles. The minimum atomic E-state index is -0.906. The van der Waals surface area contributed by atoms with Crippen molar-refractivity contribution in [2.75, 3.05) is 0 Å². The Labute approximate surface area is 111 Å². The molecule has 3 N–H and O–H groups in total. The number of aliphatic carboxylic acids is 1. The van der Waals surface area contributed by atoms with Crippen LogP contribution in [0.25, 0.3) is 16.5 Å². The first-order chi connectivity index (χ1) is 9.20. The van der Waals surface area contributed by atoms with E-state index in [1.54, 1.807) is 6.20 Å². The second-order valence-electron chi connectivity index (χ2n) is 4.86. The van der Waals surface area contributed by atoms with Crippen LogP contribution in [0.15, 0.2) is 30.5 Å². The van der Waals surface area contributed by atoms with Crippen molar-refractivity contribution in [2.45, 2.75) is 25.8 Å². The van der Waals surface area contributed by atoms with Gasteiger partial charge in [-0.25, -0.2) is 4.79 Å². The first kappa shape index (κ1) is 11.8. The van der Waals surface area contributed by atoms with E-state index >= 15 is 0 Å². The number of hydrogen-bond acceptors (Lipinski definition) is 2. The highest BCUT2D eigenvalue weighted by molar-refractivity contribution is 6.16. The molecule has 0 fully saturated rings. The summed E-state index contributed by atoms with van der Waals surface area (Å²) in [7, 11) is 0. The normalized spacial score (nSPS) is 18.4. The third-order valence-corrected chi connectivity index (χ3v) is 3.72. The van der Waals surface area contributed by atoms with Crippen molar-refractivity contribution in [1.29, 1.82) is 0 Å².